The van der Waals surface area contributed by atoms with Crippen LogP contribution in [-0.4, -0.2) is 27.5 Å². The van der Waals surface area contributed by atoms with Crippen molar-refractivity contribution in [2.75, 3.05) is 6.26 Å². The van der Waals surface area contributed by atoms with Crippen LogP contribution in [0.1, 0.15) is 48.7 Å². The Hall–Kier alpha value is -4.10. The molecule has 6 nitrogen and oxygen atoms in total. The van der Waals surface area contributed by atoms with Crippen LogP contribution >= 0.6 is 11.8 Å². The molecule has 1 aromatic heterocycles. The van der Waals surface area contributed by atoms with E-state index in [4.69, 9.17) is 4.74 Å². The van der Waals surface area contributed by atoms with Crippen molar-refractivity contribution in [3.8, 4) is 5.75 Å². The van der Waals surface area contributed by atoms with Crippen molar-refractivity contribution in [1.82, 2.24) is 9.47 Å². The number of imide groups is 1. The summed E-state index contributed by atoms with van der Waals surface area (Å²) >= 11 is 1.66. The standard InChI is InChI=1S/C31H28N2O4S/c1-20-16-27(21(2)29(34)32(20)18-23-11-6-9-15-28(23)38-3)37-19-24-12-5-4-10-22(24)17-33-30(35)25-13-7-8-14-26(25)31(33)36/h4-16H,17-19H2,1-3H3. The molecule has 1 aliphatic rings. The van der Waals surface area contributed by atoms with Crippen LogP contribution < -0.4 is 10.3 Å². The predicted octanol–water partition coefficient (Wildman–Crippen LogP) is 5.61. The van der Waals surface area contributed by atoms with Crippen LogP contribution in [0.2, 0.25) is 0 Å². The van der Waals surface area contributed by atoms with Gasteiger partial charge in [-0.25, -0.2) is 0 Å². The summed E-state index contributed by atoms with van der Waals surface area (Å²) in [4.78, 5) is 41.4. The number of ether oxygens (including phenoxy) is 1. The topological polar surface area (TPSA) is 68.6 Å². The maximum atomic E-state index is 13.3. The average molecular weight is 525 g/mol. The molecule has 3 aromatic carbocycles. The van der Waals surface area contributed by atoms with Gasteiger partial charge < -0.3 is 9.30 Å². The molecule has 0 aliphatic carbocycles. The van der Waals surface area contributed by atoms with Crippen molar-refractivity contribution in [2.45, 2.75) is 38.4 Å². The predicted molar refractivity (Wildman–Crippen MR) is 149 cm³/mol. The van der Waals surface area contributed by atoms with Crippen LogP contribution in [0.5, 0.6) is 5.75 Å². The summed E-state index contributed by atoms with van der Waals surface area (Å²) in [7, 11) is 0. The SMILES string of the molecule is CSc1ccccc1Cn1c(C)cc(OCc2ccccc2CN2C(=O)c3ccccc3C2=O)c(C)c1=O. The van der Waals surface area contributed by atoms with Gasteiger partial charge in [0.05, 0.1) is 29.8 Å². The number of benzene rings is 3. The summed E-state index contributed by atoms with van der Waals surface area (Å²) in [5, 5.41) is 0. The molecule has 0 bridgehead atoms. The lowest BCUT2D eigenvalue weighted by Gasteiger charge is -2.19. The van der Waals surface area contributed by atoms with Crippen molar-refractivity contribution >= 4 is 23.6 Å². The lowest BCUT2D eigenvalue weighted by molar-refractivity contribution is 0.0641. The Morgan fingerprint density at radius 2 is 1.32 bits per heavy atom. The van der Waals surface area contributed by atoms with Crippen LogP contribution in [0.3, 0.4) is 0 Å². The highest BCUT2D eigenvalue weighted by atomic mass is 32.2. The van der Waals surface area contributed by atoms with E-state index in [1.165, 1.54) is 4.90 Å². The Balaban J connectivity index is 1.35. The summed E-state index contributed by atoms with van der Waals surface area (Å²) < 4.78 is 7.92. The van der Waals surface area contributed by atoms with Gasteiger partial charge >= 0.3 is 0 Å². The van der Waals surface area contributed by atoms with Gasteiger partial charge in [-0.3, -0.25) is 19.3 Å². The molecular formula is C31H28N2O4S. The first-order valence-electron chi connectivity index (χ1n) is 12.4. The van der Waals surface area contributed by atoms with Crippen LogP contribution in [0.25, 0.3) is 0 Å². The van der Waals surface area contributed by atoms with Crippen LogP contribution in [0, 0.1) is 13.8 Å². The van der Waals surface area contributed by atoms with Gasteiger partial charge in [0.15, 0.2) is 0 Å². The monoisotopic (exact) mass is 524 g/mol. The molecule has 1 aliphatic heterocycles. The molecule has 4 aromatic rings. The normalized spacial score (nSPS) is 12.7. The third-order valence-corrected chi connectivity index (χ3v) is 7.77. The number of hydrogen-bond acceptors (Lipinski definition) is 5. The number of aryl methyl sites for hydroxylation is 1. The molecule has 0 radical (unpaired) electrons. The molecule has 0 N–H and O–H groups in total. The number of aromatic nitrogens is 1. The van der Waals surface area contributed by atoms with Gasteiger partial charge in [0, 0.05) is 10.6 Å². The van der Waals surface area contributed by atoms with Gasteiger partial charge in [-0.05, 0) is 61.1 Å². The first kappa shape index (κ1) is 25.5. The van der Waals surface area contributed by atoms with E-state index in [0.717, 1.165) is 27.3 Å². The largest absolute Gasteiger partial charge is 0.488 e. The molecule has 0 spiro atoms. The van der Waals surface area contributed by atoms with Crippen molar-refractivity contribution in [3.63, 3.8) is 0 Å². The van der Waals surface area contributed by atoms with E-state index in [2.05, 4.69) is 6.07 Å². The van der Waals surface area contributed by atoms with Gasteiger partial charge in [-0.2, -0.15) is 0 Å². The van der Waals surface area contributed by atoms with Crippen LogP contribution in [-0.2, 0) is 19.7 Å². The second kappa shape index (κ2) is 10.7. The van der Waals surface area contributed by atoms with Crippen LogP contribution in [0.15, 0.2) is 88.6 Å². The highest BCUT2D eigenvalue weighted by Gasteiger charge is 2.35. The minimum atomic E-state index is -0.292. The molecule has 0 fully saturated rings. The smallest absolute Gasteiger partial charge is 0.261 e. The van der Waals surface area contributed by atoms with E-state index in [1.807, 2.05) is 61.7 Å². The minimum absolute atomic E-state index is 0.0878. The minimum Gasteiger partial charge on any atom is -0.488 e. The lowest BCUT2D eigenvalue weighted by atomic mass is 10.1. The van der Waals surface area contributed by atoms with Gasteiger partial charge in [-0.15, -0.1) is 11.8 Å². The fourth-order valence-electron chi connectivity index (χ4n) is 4.76. The number of nitrogens with zero attached hydrogens (tertiary/aromatic N) is 2. The molecule has 2 heterocycles. The fraction of sp³-hybridized carbons (Fsp3) is 0.194. The lowest BCUT2D eigenvalue weighted by Crippen LogP contribution is -2.29. The fourth-order valence-corrected chi connectivity index (χ4v) is 5.36. The third-order valence-electron chi connectivity index (χ3n) is 6.93. The number of hydrogen-bond donors (Lipinski definition) is 0. The number of rotatable bonds is 8. The van der Waals surface area contributed by atoms with Crippen molar-refractivity contribution in [1.29, 1.82) is 0 Å². The van der Waals surface area contributed by atoms with Gasteiger partial charge in [0.1, 0.15) is 12.4 Å². The first-order valence-corrected chi connectivity index (χ1v) is 13.6. The molecule has 0 saturated heterocycles. The zero-order valence-electron chi connectivity index (χ0n) is 21.6. The summed E-state index contributed by atoms with van der Waals surface area (Å²) in [6.07, 6.45) is 2.03. The average Bonchev–Trinajstić information content (AvgIpc) is 3.18. The second-order valence-corrected chi connectivity index (χ2v) is 10.1. The number of amides is 2. The molecule has 0 atom stereocenters. The van der Waals surface area contributed by atoms with Gasteiger partial charge in [0.2, 0.25) is 0 Å². The van der Waals surface area contributed by atoms with Gasteiger partial charge in [0.25, 0.3) is 17.4 Å². The Bertz CT molecular complexity index is 1570. The molecule has 5 rings (SSSR count). The first-order chi connectivity index (χ1) is 18.4. The second-order valence-electron chi connectivity index (χ2n) is 9.28. The van der Waals surface area contributed by atoms with E-state index in [9.17, 15) is 14.4 Å². The zero-order chi connectivity index (χ0) is 26.8. The summed E-state index contributed by atoms with van der Waals surface area (Å²) in [6, 6.07) is 24.4. The highest BCUT2D eigenvalue weighted by Crippen LogP contribution is 2.26. The number of carbonyl (C=O) groups is 2. The molecule has 7 heteroatoms. The van der Waals surface area contributed by atoms with Crippen molar-refractivity contribution in [3.05, 3.63) is 128 Å². The van der Waals surface area contributed by atoms with Gasteiger partial charge in [-0.1, -0.05) is 54.6 Å². The maximum Gasteiger partial charge on any atom is 0.261 e. The molecule has 0 unspecified atom stereocenters. The Morgan fingerprint density at radius 1 is 0.737 bits per heavy atom. The van der Waals surface area contributed by atoms with Crippen LogP contribution in [0.4, 0.5) is 0 Å². The third kappa shape index (κ3) is 4.77. The Morgan fingerprint density at radius 3 is 1.97 bits per heavy atom. The maximum absolute atomic E-state index is 13.3. The molecule has 2 amide bonds. The number of pyridine rings is 1. The zero-order valence-corrected chi connectivity index (χ0v) is 22.4. The summed E-state index contributed by atoms with van der Waals surface area (Å²) in [5.41, 5.74) is 4.88. The number of thioether (sulfide) groups is 1. The van der Waals surface area contributed by atoms with E-state index in [0.29, 0.717) is 29.0 Å². The van der Waals surface area contributed by atoms with E-state index >= 15 is 0 Å². The number of fused-ring (bicyclic) bond motifs is 1. The van der Waals surface area contributed by atoms with E-state index < -0.39 is 0 Å². The Labute approximate surface area is 225 Å². The quantitative estimate of drug-likeness (QED) is 0.221. The number of carbonyl (C=O) groups excluding carboxylic acids is 2. The van der Waals surface area contributed by atoms with Crippen molar-refractivity contribution < 1.29 is 14.3 Å². The molecular weight excluding hydrogens is 496 g/mol. The molecule has 0 saturated carbocycles. The Kier molecular flexibility index (Phi) is 7.20. The molecule has 192 valence electrons. The highest BCUT2D eigenvalue weighted by molar-refractivity contribution is 7.98. The van der Waals surface area contributed by atoms with E-state index in [1.54, 1.807) is 47.5 Å². The van der Waals surface area contributed by atoms with E-state index in [-0.39, 0.29) is 30.5 Å². The molecule has 38 heavy (non-hydrogen) atoms. The summed E-state index contributed by atoms with van der Waals surface area (Å²) in [6.45, 7) is 4.54. The van der Waals surface area contributed by atoms with Crippen molar-refractivity contribution in [2.24, 2.45) is 0 Å². The summed E-state index contributed by atoms with van der Waals surface area (Å²) in [5.74, 6) is -0.0590.